The summed E-state index contributed by atoms with van der Waals surface area (Å²) < 4.78 is 57.6. The van der Waals surface area contributed by atoms with Crippen molar-refractivity contribution in [3.8, 4) is 5.75 Å². The molecule has 3 N–H and O–H groups in total. The number of methoxy groups -OCH3 is 1. The minimum Gasteiger partial charge on any atom is -0.497 e. The Labute approximate surface area is 196 Å². The highest BCUT2D eigenvalue weighted by molar-refractivity contribution is 7.92. The van der Waals surface area contributed by atoms with E-state index in [2.05, 4.69) is 14.8 Å². The van der Waals surface area contributed by atoms with Crippen LogP contribution in [-0.4, -0.2) is 36.1 Å². The first-order valence-electron chi connectivity index (χ1n) is 9.32. The topological polar surface area (TPSA) is 131 Å². The molecule has 0 aliphatic rings. The molecule has 3 aromatic rings. The molecule has 0 unspecified atom stereocenters. The highest BCUT2D eigenvalue weighted by Gasteiger charge is 2.15. The Bertz CT molecular complexity index is 1370. The number of rotatable bonds is 8. The largest absolute Gasteiger partial charge is 0.497 e. The van der Waals surface area contributed by atoms with Gasteiger partial charge in [-0.2, -0.15) is 0 Å². The quantitative estimate of drug-likeness (QED) is 0.423. The van der Waals surface area contributed by atoms with Gasteiger partial charge in [0.1, 0.15) is 5.75 Å². The fraction of sp³-hybridized carbons (Fsp3) is 0.0952. The zero-order valence-corrected chi connectivity index (χ0v) is 19.9. The van der Waals surface area contributed by atoms with Crippen LogP contribution in [0.1, 0.15) is 10.4 Å². The average Bonchev–Trinajstić information content (AvgIpc) is 2.75. The van der Waals surface area contributed by atoms with Crippen LogP contribution in [0.4, 0.5) is 17.1 Å². The van der Waals surface area contributed by atoms with Gasteiger partial charge < -0.3 is 10.1 Å². The number of hydrogen-bond acceptors (Lipinski definition) is 6. The Balaban J connectivity index is 1.69. The molecule has 0 spiro atoms. The van der Waals surface area contributed by atoms with Gasteiger partial charge in [0.25, 0.3) is 15.9 Å². The van der Waals surface area contributed by atoms with Crippen molar-refractivity contribution < 1.29 is 26.4 Å². The lowest BCUT2D eigenvalue weighted by Gasteiger charge is -2.11. The van der Waals surface area contributed by atoms with Crippen molar-refractivity contribution in [3.63, 3.8) is 0 Å². The van der Waals surface area contributed by atoms with Crippen LogP contribution in [0, 0.1) is 0 Å². The van der Waals surface area contributed by atoms with E-state index in [-0.39, 0.29) is 21.2 Å². The Hall–Kier alpha value is -3.28. The van der Waals surface area contributed by atoms with E-state index in [1.54, 1.807) is 24.3 Å². The molecule has 0 saturated carbocycles. The number of ether oxygens (including phenoxy) is 1. The number of hydrogen-bond donors (Lipinski definition) is 3. The Kier molecular flexibility index (Phi) is 7.15. The van der Waals surface area contributed by atoms with E-state index in [1.807, 2.05) is 0 Å². The van der Waals surface area contributed by atoms with Crippen LogP contribution < -0.4 is 19.5 Å². The molecule has 0 saturated heterocycles. The van der Waals surface area contributed by atoms with Gasteiger partial charge in [0.15, 0.2) is 0 Å². The van der Waals surface area contributed by atoms with Crippen molar-refractivity contribution in [1.29, 1.82) is 0 Å². The first kappa shape index (κ1) is 24.4. The van der Waals surface area contributed by atoms with Gasteiger partial charge >= 0.3 is 0 Å². The van der Waals surface area contributed by atoms with Gasteiger partial charge in [-0.05, 0) is 66.7 Å². The summed E-state index contributed by atoms with van der Waals surface area (Å²) in [6.07, 6.45) is 0.986. The fourth-order valence-corrected chi connectivity index (χ4v) is 4.65. The molecule has 0 aromatic heterocycles. The smallest absolute Gasteiger partial charge is 0.261 e. The van der Waals surface area contributed by atoms with E-state index in [1.165, 1.54) is 49.6 Å². The van der Waals surface area contributed by atoms with Crippen LogP contribution in [0.2, 0.25) is 5.02 Å². The number of nitrogens with one attached hydrogen (secondary N) is 3. The van der Waals surface area contributed by atoms with E-state index >= 15 is 0 Å². The van der Waals surface area contributed by atoms with Gasteiger partial charge in [0.05, 0.1) is 29.0 Å². The molecule has 0 radical (unpaired) electrons. The SMILES string of the molecule is COc1ccc(NS(=O)(=O)c2ccc(NC(=O)c3ccc(NS(C)(=O)=O)c(Cl)c3)cc2)cc1. The average molecular weight is 510 g/mol. The number of carbonyl (C=O) groups excluding carboxylic acids is 1. The van der Waals surface area contributed by atoms with Crippen molar-refractivity contribution in [1.82, 2.24) is 0 Å². The molecule has 0 aliphatic carbocycles. The van der Waals surface area contributed by atoms with Gasteiger partial charge in [0, 0.05) is 16.9 Å². The summed E-state index contributed by atoms with van der Waals surface area (Å²) in [5.74, 6) is 0.0930. The van der Waals surface area contributed by atoms with Crippen molar-refractivity contribution in [3.05, 3.63) is 77.3 Å². The van der Waals surface area contributed by atoms with Crippen LogP contribution in [-0.2, 0) is 20.0 Å². The third kappa shape index (κ3) is 6.60. The standard InChI is InChI=1S/C21H20ClN3O6S2/c1-31-17-8-4-16(5-9-17)24-33(29,30)18-10-6-15(7-11-18)23-21(26)14-3-12-20(19(22)13-14)25-32(2,27)28/h3-13,24-25H,1-2H3,(H,23,26). The lowest BCUT2D eigenvalue weighted by Crippen LogP contribution is -2.14. The first-order chi connectivity index (χ1) is 15.5. The molecule has 0 bridgehead atoms. The van der Waals surface area contributed by atoms with Crippen LogP contribution in [0.3, 0.4) is 0 Å². The minimum absolute atomic E-state index is 0.00978. The van der Waals surface area contributed by atoms with Crippen LogP contribution in [0.25, 0.3) is 0 Å². The molecule has 0 atom stereocenters. The highest BCUT2D eigenvalue weighted by Crippen LogP contribution is 2.25. The van der Waals surface area contributed by atoms with Crippen LogP contribution in [0.5, 0.6) is 5.75 Å². The van der Waals surface area contributed by atoms with Gasteiger partial charge in [-0.15, -0.1) is 0 Å². The fourth-order valence-electron chi connectivity index (χ4n) is 2.73. The Morgan fingerprint density at radius 3 is 2.00 bits per heavy atom. The zero-order valence-electron chi connectivity index (χ0n) is 17.5. The van der Waals surface area contributed by atoms with Gasteiger partial charge in [0.2, 0.25) is 10.0 Å². The van der Waals surface area contributed by atoms with Crippen molar-refractivity contribution in [2.24, 2.45) is 0 Å². The van der Waals surface area contributed by atoms with Gasteiger partial charge in [-0.3, -0.25) is 14.2 Å². The maximum Gasteiger partial charge on any atom is 0.261 e. The van der Waals surface area contributed by atoms with Crippen molar-refractivity contribution in [2.45, 2.75) is 4.90 Å². The second-order valence-electron chi connectivity index (χ2n) is 6.88. The summed E-state index contributed by atoms with van der Waals surface area (Å²) in [7, 11) is -5.84. The third-order valence-corrected chi connectivity index (χ3v) is 6.59. The normalized spacial score (nSPS) is 11.5. The van der Waals surface area contributed by atoms with E-state index in [0.29, 0.717) is 17.1 Å². The molecule has 9 nitrogen and oxygen atoms in total. The number of halogens is 1. The van der Waals surface area contributed by atoms with Gasteiger partial charge in [-0.1, -0.05) is 11.6 Å². The molecule has 1 amide bonds. The van der Waals surface area contributed by atoms with Crippen LogP contribution in [0.15, 0.2) is 71.6 Å². The predicted molar refractivity (Wildman–Crippen MR) is 128 cm³/mol. The molecule has 174 valence electrons. The number of benzene rings is 3. The summed E-state index contributed by atoms with van der Waals surface area (Å²) in [4.78, 5) is 12.5. The van der Waals surface area contributed by atoms with Crippen molar-refractivity contribution >= 4 is 54.6 Å². The van der Waals surface area contributed by atoms with E-state index in [9.17, 15) is 21.6 Å². The second-order valence-corrected chi connectivity index (χ2v) is 10.7. The predicted octanol–water partition coefficient (Wildman–Crippen LogP) is 3.77. The lowest BCUT2D eigenvalue weighted by molar-refractivity contribution is 0.102. The second kappa shape index (κ2) is 9.69. The maximum absolute atomic E-state index is 12.6. The summed E-state index contributed by atoms with van der Waals surface area (Å²) in [6.45, 7) is 0. The minimum atomic E-state index is -3.83. The van der Waals surface area contributed by atoms with E-state index in [0.717, 1.165) is 6.26 Å². The summed E-state index contributed by atoms with van der Waals surface area (Å²) in [5.41, 5.74) is 1.07. The summed E-state index contributed by atoms with van der Waals surface area (Å²) in [5, 5.41) is 2.68. The molecular weight excluding hydrogens is 490 g/mol. The summed E-state index contributed by atoms with van der Waals surface area (Å²) in [6, 6.07) is 16.1. The molecule has 0 fully saturated rings. The van der Waals surface area contributed by atoms with Crippen molar-refractivity contribution in [2.75, 3.05) is 28.1 Å². The molecule has 3 aromatic carbocycles. The monoisotopic (exact) mass is 509 g/mol. The Morgan fingerprint density at radius 2 is 1.45 bits per heavy atom. The van der Waals surface area contributed by atoms with E-state index < -0.39 is 26.0 Å². The molecule has 33 heavy (non-hydrogen) atoms. The number of sulfonamides is 2. The molecule has 0 heterocycles. The molecular formula is C21H20ClN3O6S2. The summed E-state index contributed by atoms with van der Waals surface area (Å²) >= 11 is 6.05. The zero-order chi connectivity index (χ0) is 24.2. The van der Waals surface area contributed by atoms with E-state index in [4.69, 9.17) is 16.3 Å². The third-order valence-electron chi connectivity index (χ3n) is 4.29. The molecule has 12 heteroatoms. The Morgan fingerprint density at radius 1 is 0.848 bits per heavy atom. The molecule has 3 rings (SSSR count). The number of carbonyl (C=O) groups is 1. The lowest BCUT2D eigenvalue weighted by atomic mass is 10.2. The number of anilines is 3. The maximum atomic E-state index is 12.6. The molecule has 0 aliphatic heterocycles. The van der Waals surface area contributed by atoms with Gasteiger partial charge in [-0.25, -0.2) is 16.8 Å². The number of amides is 1. The van der Waals surface area contributed by atoms with Crippen LogP contribution >= 0.6 is 11.6 Å². The first-order valence-corrected chi connectivity index (χ1v) is 13.1. The highest BCUT2D eigenvalue weighted by atomic mass is 35.5.